The van der Waals surface area contributed by atoms with Crippen molar-refractivity contribution in [3.05, 3.63) is 42.2 Å². The number of nitrogens with two attached hydrogens (primary N) is 1. The van der Waals surface area contributed by atoms with Crippen molar-refractivity contribution in [3.63, 3.8) is 0 Å². The van der Waals surface area contributed by atoms with Crippen molar-refractivity contribution in [2.75, 3.05) is 5.73 Å². The summed E-state index contributed by atoms with van der Waals surface area (Å²) in [5.74, 6) is 1.37. The molecule has 0 amide bonds. The molecule has 3 heteroatoms. The molecule has 1 aromatic carbocycles. The lowest BCUT2D eigenvalue weighted by molar-refractivity contribution is 0.411. The Morgan fingerprint density at radius 2 is 1.94 bits per heavy atom. The fourth-order valence-corrected chi connectivity index (χ4v) is 2.13. The number of nitrogens with zero attached hydrogens (tertiary/aromatic N) is 2. The topological polar surface area (TPSA) is 51.8 Å². The van der Waals surface area contributed by atoms with Crippen LogP contribution in [-0.4, -0.2) is 9.97 Å². The van der Waals surface area contributed by atoms with Crippen LogP contribution in [0.3, 0.4) is 0 Å². The summed E-state index contributed by atoms with van der Waals surface area (Å²) in [5, 5.41) is 0. The third-order valence-corrected chi connectivity index (χ3v) is 3.40. The van der Waals surface area contributed by atoms with Crippen LogP contribution in [0.4, 0.5) is 5.69 Å². The first-order chi connectivity index (χ1) is 8.34. The molecule has 1 aromatic heterocycles. The normalized spacial score (nSPS) is 15.5. The van der Waals surface area contributed by atoms with Gasteiger partial charge in [-0.3, -0.25) is 0 Å². The van der Waals surface area contributed by atoms with Gasteiger partial charge in [0.05, 0.1) is 0 Å². The first-order valence-corrected chi connectivity index (χ1v) is 6.02. The molecule has 0 radical (unpaired) electrons. The van der Waals surface area contributed by atoms with Crippen molar-refractivity contribution in [1.29, 1.82) is 0 Å². The molecule has 0 atom stereocenters. The molecule has 0 saturated heterocycles. The van der Waals surface area contributed by atoms with Crippen LogP contribution < -0.4 is 5.73 Å². The van der Waals surface area contributed by atoms with Crippen molar-refractivity contribution in [3.8, 4) is 11.4 Å². The van der Waals surface area contributed by atoms with E-state index >= 15 is 0 Å². The maximum absolute atomic E-state index is 5.95. The van der Waals surface area contributed by atoms with Gasteiger partial charge in [0.15, 0.2) is 5.82 Å². The first kappa shape index (κ1) is 10.3. The highest BCUT2D eigenvalue weighted by Crippen LogP contribution is 2.35. The molecule has 17 heavy (non-hydrogen) atoms. The third kappa shape index (κ3) is 1.88. The lowest BCUT2D eigenvalue weighted by Gasteiger charge is -2.24. The lowest BCUT2D eigenvalue weighted by Crippen LogP contribution is -2.11. The van der Waals surface area contributed by atoms with E-state index in [2.05, 4.69) is 9.97 Å². The smallest absolute Gasteiger partial charge is 0.161 e. The minimum Gasteiger partial charge on any atom is -0.398 e. The summed E-state index contributed by atoms with van der Waals surface area (Å²) in [4.78, 5) is 8.95. The number of benzene rings is 1. The summed E-state index contributed by atoms with van der Waals surface area (Å²) >= 11 is 0. The Hall–Kier alpha value is -1.90. The van der Waals surface area contributed by atoms with Gasteiger partial charge in [0, 0.05) is 29.1 Å². The molecule has 1 fully saturated rings. The molecule has 1 aliphatic carbocycles. The molecule has 1 aliphatic rings. The highest BCUT2D eigenvalue weighted by molar-refractivity contribution is 5.71. The van der Waals surface area contributed by atoms with Gasteiger partial charge in [0.2, 0.25) is 0 Å². The van der Waals surface area contributed by atoms with Crippen LogP contribution in [0.25, 0.3) is 11.4 Å². The van der Waals surface area contributed by atoms with Crippen LogP contribution in [0.5, 0.6) is 0 Å². The largest absolute Gasteiger partial charge is 0.398 e. The van der Waals surface area contributed by atoms with Gasteiger partial charge >= 0.3 is 0 Å². The zero-order valence-corrected chi connectivity index (χ0v) is 9.63. The van der Waals surface area contributed by atoms with Gasteiger partial charge in [-0.05, 0) is 31.0 Å². The van der Waals surface area contributed by atoms with E-state index in [0.29, 0.717) is 5.92 Å². The number of nitrogen functional groups attached to an aromatic ring is 1. The Kier molecular flexibility index (Phi) is 2.52. The fourth-order valence-electron chi connectivity index (χ4n) is 2.13. The number of hydrogen-bond acceptors (Lipinski definition) is 3. The average Bonchev–Trinajstić information content (AvgIpc) is 2.28. The molecule has 0 bridgehead atoms. The van der Waals surface area contributed by atoms with E-state index in [1.165, 1.54) is 19.3 Å². The van der Waals surface area contributed by atoms with Crippen molar-refractivity contribution >= 4 is 5.69 Å². The summed E-state index contributed by atoms with van der Waals surface area (Å²) in [5.41, 5.74) is 8.76. The van der Waals surface area contributed by atoms with E-state index in [0.717, 1.165) is 22.8 Å². The minimum absolute atomic E-state index is 0.627. The highest BCUT2D eigenvalue weighted by Gasteiger charge is 2.21. The van der Waals surface area contributed by atoms with E-state index in [1.54, 1.807) is 0 Å². The van der Waals surface area contributed by atoms with Crippen molar-refractivity contribution < 1.29 is 0 Å². The van der Waals surface area contributed by atoms with Crippen molar-refractivity contribution in [2.45, 2.75) is 25.2 Å². The zero-order valence-electron chi connectivity index (χ0n) is 9.63. The maximum atomic E-state index is 5.95. The highest BCUT2D eigenvalue weighted by atomic mass is 14.9. The summed E-state index contributed by atoms with van der Waals surface area (Å²) in [6.07, 6.45) is 5.65. The SMILES string of the molecule is Nc1ccccc1-c1nccc(C2CCC2)n1. The van der Waals surface area contributed by atoms with E-state index in [-0.39, 0.29) is 0 Å². The van der Waals surface area contributed by atoms with Crippen LogP contribution in [0, 0.1) is 0 Å². The zero-order chi connectivity index (χ0) is 11.7. The van der Waals surface area contributed by atoms with Crippen LogP contribution in [0.2, 0.25) is 0 Å². The van der Waals surface area contributed by atoms with Gasteiger partial charge in [-0.1, -0.05) is 18.6 Å². The number of aromatic nitrogens is 2. The Labute approximate surface area is 101 Å². The van der Waals surface area contributed by atoms with E-state index in [9.17, 15) is 0 Å². The van der Waals surface area contributed by atoms with Gasteiger partial charge in [0.25, 0.3) is 0 Å². The predicted octanol–water partition coefficient (Wildman–Crippen LogP) is 2.99. The summed E-state index contributed by atoms with van der Waals surface area (Å²) in [6.45, 7) is 0. The average molecular weight is 225 g/mol. The second kappa shape index (κ2) is 4.17. The van der Waals surface area contributed by atoms with Crippen LogP contribution in [-0.2, 0) is 0 Å². The van der Waals surface area contributed by atoms with Gasteiger partial charge in [0.1, 0.15) is 0 Å². The van der Waals surface area contributed by atoms with Gasteiger partial charge in [-0.2, -0.15) is 0 Å². The molecule has 2 N–H and O–H groups in total. The Morgan fingerprint density at radius 3 is 2.65 bits per heavy atom. The van der Waals surface area contributed by atoms with E-state index < -0.39 is 0 Å². The molecule has 1 saturated carbocycles. The fraction of sp³-hybridized carbons (Fsp3) is 0.286. The second-order valence-electron chi connectivity index (χ2n) is 4.52. The molecule has 3 nitrogen and oxygen atoms in total. The van der Waals surface area contributed by atoms with Gasteiger partial charge in [-0.15, -0.1) is 0 Å². The monoisotopic (exact) mass is 225 g/mol. The lowest BCUT2D eigenvalue weighted by atomic mass is 9.83. The minimum atomic E-state index is 0.627. The molecule has 0 unspecified atom stereocenters. The molecule has 2 aromatic rings. The molecular weight excluding hydrogens is 210 g/mol. The quantitative estimate of drug-likeness (QED) is 0.799. The second-order valence-corrected chi connectivity index (χ2v) is 4.52. The van der Waals surface area contributed by atoms with Gasteiger partial charge in [-0.25, -0.2) is 9.97 Å². The van der Waals surface area contributed by atoms with Gasteiger partial charge < -0.3 is 5.73 Å². The Balaban J connectivity index is 2.00. The summed E-state index contributed by atoms with van der Waals surface area (Å²) in [7, 11) is 0. The number of hydrogen-bond donors (Lipinski definition) is 1. The Morgan fingerprint density at radius 1 is 1.12 bits per heavy atom. The number of para-hydroxylation sites is 1. The van der Waals surface area contributed by atoms with E-state index in [1.807, 2.05) is 36.5 Å². The van der Waals surface area contributed by atoms with Crippen LogP contribution >= 0.6 is 0 Å². The standard InChI is InChI=1S/C14H15N3/c15-12-7-2-1-6-11(12)14-16-9-8-13(17-14)10-4-3-5-10/h1-2,6-10H,3-5,15H2. The number of anilines is 1. The molecule has 0 spiro atoms. The molecule has 1 heterocycles. The predicted molar refractivity (Wildman–Crippen MR) is 68.5 cm³/mol. The third-order valence-electron chi connectivity index (χ3n) is 3.40. The maximum Gasteiger partial charge on any atom is 0.161 e. The van der Waals surface area contributed by atoms with Crippen molar-refractivity contribution in [1.82, 2.24) is 9.97 Å². The van der Waals surface area contributed by atoms with Crippen LogP contribution in [0.15, 0.2) is 36.5 Å². The first-order valence-electron chi connectivity index (χ1n) is 6.02. The number of rotatable bonds is 2. The molecule has 0 aliphatic heterocycles. The van der Waals surface area contributed by atoms with Crippen molar-refractivity contribution in [2.24, 2.45) is 0 Å². The summed E-state index contributed by atoms with van der Waals surface area (Å²) in [6, 6.07) is 9.76. The molecule has 86 valence electrons. The summed E-state index contributed by atoms with van der Waals surface area (Å²) < 4.78 is 0. The van der Waals surface area contributed by atoms with Crippen LogP contribution in [0.1, 0.15) is 30.9 Å². The molecule has 3 rings (SSSR count). The molecular formula is C14H15N3. The van der Waals surface area contributed by atoms with E-state index in [4.69, 9.17) is 5.73 Å². The Bertz CT molecular complexity index is 532.